The fourth-order valence-electron chi connectivity index (χ4n) is 10.9. The SMILES string of the molecule is CCC1OC(O)C(CBr)(OCN(CCS(C)(=O)=O)C(=O)OCc2ccc(OC3CC(O)CC(C(=O)O)O3)c(-n3cc(COCCOCCOCCOCCN4C(=O)C=CC4=O)nn3)c2)C1(OC)OC1=c2c(O)c3c(c(OC)c2=CC(C)C1C)CCCC3=O. The van der Waals surface area contributed by atoms with E-state index in [0.29, 0.717) is 40.6 Å². The van der Waals surface area contributed by atoms with E-state index in [4.69, 9.17) is 56.8 Å². The van der Waals surface area contributed by atoms with Gasteiger partial charge >= 0.3 is 12.1 Å². The Balaban J connectivity index is 0.965. The summed E-state index contributed by atoms with van der Waals surface area (Å²) in [5.41, 5.74) is -0.382. The molecule has 0 radical (unpaired) electrons. The van der Waals surface area contributed by atoms with Crippen LogP contribution in [0.3, 0.4) is 0 Å². The minimum Gasteiger partial charge on any atom is -0.506 e. The first-order valence-corrected chi connectivity index (χ1v) is 32.0. The first-order valence-electron chi connectivity index (χ1n) is 28.8. The molecule has 2 saturated heterocycles. The number of phenolic OH excluding ortho intramolecular Hbond substituents is 1. The van der Waals surface area contributed by atoms with Gasteiger partial charge in [-0.25, -0.2) is 22.7 Å². The van der Waals surface area contributed by atoms with Crippen molar-refractivity contribution in [3.63, 3.8) is 0 Å². The second-order valence-electron chi connectivity index (χ2n) is 21.7. The largest absolute Gasteiger partial charge is 0.506 e. The zero-order valence-corrected chi connectivity index (χ0v) is 52.2. The van der Waals surface area contributed by atoms with Gasteiger partial charge < -0.3 is 77.3 Å². The number of hydrogen-bond donors (Lipinski definition) is 4. The fourth-order valence-corrected chi connectivity index (χ4v) is 12.3. The molecule has 1 aromatic heterocycles. The van der Waals surface area contributed by atoms with Gasteiger partial charge in [0.25, 0.3) is 17.6 Å². The molecule has 3 amide bonds. The minimum absolute atomic E-state index is 0.00224. The van der Waals surface area contributed by atoms with Crippen molar-refractivity contribution in [1.82, 2.24) is 24.8 Å². The maximum absolute atomic E-state index is 14.3. The summed E-state index contributed by atoms with van der Waals surface area (Å²) in [7, 11) is -0.902. The molecule has 5 aliphatic rings. The molecular formula is C58H76BrN5O23S. The number of alkyl halides is 1. The number of ether oxygens (including phenoxy) is 12. The number of carbonyl (C=O) groups excluding carboxylic acids is 4. The summed E-state index contributed by atoms with van der Waals surface area (Å²) in [6.07, 6.45) is 0.587. The van der Waals surface area contributed by atoms with Gasteiger partial charge in [-0.2, -0.15) is 0 Å². The van der Waals surface area contributed by atoms with Gasteiger partial charge in [-0.15, -0.1) is 5.10 Å². The van der Waals surface area contributed by atoms with Crippen molar-refractivity contribution in [1.29, 1.82) is 0 Å². The molecule has 9 atom stereocenters. The van der Waals surface area contributed by atoms with E-state index in [1.165, 1.54) is 37.1 Å². The van der Waals surface area contributed by atoms with Crippen LogP contribution in [0.5, 0.6) is 17.2 Å². The first-order chi connectivity index (χ1) is 42.1. The van der Waals surface area contributed by atoms with Crippen LogP contribution in [0.1, 0.15) is 80.1 Å². The number of hydrogen-bond acceptors (Lipinski definition) is 24. The predicted molar refractivity (Wildman–Crippen MR) is 310 cm³/mol. The Bertz CT molecular complexity index is 3270. The van der Waals surface area contributed by atoms with Crippen molar-refractivity contribution >= 4 is 67.3 Å². The van der Waals surface area contributed by atoms with Gasteiger partial charge in [-0.05, 0) is 42.9 Å². The molecule has 484 valence electrons. The molecule has 88 heavy (non-hydrogen) atoms. The summed E-state index contributed by atoms with van der Waals surface area (Å²) >= 11 is 3.52. The van der Waals surface area contributed by atoms with Gasteiger partial charge in [-0.1, -0.05) is 54.1 Å². The number of aromatic hydroxyl groups is 1. The maximum atomic E-state index is 14.3. The number of aliphatic hydroxyl groups is 2. The van der Waals surface area contributed by atoms with Crippen LogP contribution in [-0.2, 0) is 91.2 Å². The summed E-state index contributed by atoms with van der Waals surface area (Å²) in [6.45, 7) is 5.79. The van der Waals surface area contributed by atoms with Crippen LogP contribution in [0.4, 0.5) is 4.79 Å². The lowest BCUT2D eigenvalue weighted by Crippen LogP contribution is -2.65. The number of aliphatic carboxylic acids is 1. The van der Waals surface area contributed by atoms with Crippen LogP contribution in [0.2, 0.25) is 0 Å². The molecule has 3 aliphatic heterocycles. The van der Waals surface area contributed by atoms with Gasteiger partial charge in [-0.3, -0.25) is 24.2 Å². The van der Waals surface area contributed by atoms with Crippen LogP contribution in [0.15, 0.2) is 36.5 Å². The standard InChI is InChI=1S/C58H76BrN5O23S/c1-7-45-58(77-5,87-52-35(3)34(2)25-40-50(52)51(69)49-39(53(40)76-4)9-8-10-42(49)66)57(32-59,55(72)86-45)83-33-62(16-24-88(6,74)75)56(73)82-30-36-11-12-43(84-48-28-38(65)27-44(85-48)54(70)71)41(26-36)64-29-37(60-61-64)31-81-23-22-80-21-20-79-19-18-78-17-15-63-46(67)13-14-47(63)68/h11-14,25-26,29,34-35,38,44-45,48,55,65,69,72H,7-10,15-24,27-28,30-33H2,1-6H3,(H,70,71). The summed E-state index contributed by atoms with van der Waals surface area (Å²) in [4.78, 5) is 65.1. The van der Waals surface area contributed by atoms with Crippen molar-refractivity contribution in [2.24, 2.45) is 11.8 Å². The second kappa shape index (κ2) is 30.1. The Morgan fingerprint density at radius 3 is 2.27 bits per heavy atom. The van der Waals surface area contributed by atoms with Gasteiger partial charge in [0.05, 0.1) is 95.3 Å². The molecule has 0 spiro atoms. The zero-order valence-electron chi connectivity index (χ0n) is 49.8. The average molecular weight is 1320 g/mol. The number of methoxy groups -OCH3 is 2. The van der Waals surface area contributed by atoms with E-state index >= 15 is 0 Å². The molecule has 0 saturated carbocycles. The number of phenols is 1. The van der Waals surface area contributed by atoms with E-state index in [1.807, 2.05) is 19.9 Å². The number of ketones is 1. The van der Waals surface area contributed by atoms with Crippen LogP contribution in [0, 0.1) is 11.8 Å². The molecule has 4 heterocycles. The molecule has 9 unspecified atom stereocenters. The lowest BCUT2D eigenvalue weighted by Gasteiger charge is -2.46. The topological polar surface area (TPSA) is 348 Å². The molecular weight excluding hydrogens is 1250 g/mol. The monoisotopic (exact) mass is 1320 g/mol. The highest BCUT2D eigenvalue weighted by Crippen LogP contribution is 2.50. The highest BCUT2D eigenvalue weighted by Gasteiger charge is 2.71. The molecule has 4 N–H and O–H groups in total. The lowest BCUT2D eigenvalue weighted by atomic mass is 9.81. The van der Waals surface area contributed by atoms with Gasteiger partial charge in [0, 0.05) is 73.4 Å². The highest BCUT2D eigenvalue weighted by molar-refractivity contribution is 9.09. The number of carboxylic acid groups (broad SMARTS) is 1. The molecule has 2 aliphatic carbocycles. The lowest BCUT2D eigenvalue weighted by molar-refractivity contribution is -0.303. The quantitative estimate of drug-likeness (QED) is 0.0299. The van der Waals surface area contributed by atoms with E-state index in [1.54, 1.807) is 25.3 Å². The first kappa shape index (κ1) is 67.8. The maximum Gasteiger partial charge on any atom is 0.411 e. The number of carbonyl (C=O) groups is 5. The van der Waals surface area contributed by atoms with Crippen LogP contribution < -0.4 is 19.9 Å². The van der Waals surface area contributed by atoms with E-state index < -0.39 is 95.7 Å². The minimum atomic E-state index is -3.72. The number of Topliss-reactive ketones (excluding diaryl/α,β-unsaturated/α-hetero) is 1. The van der Waals surface area contributed by atoms with Crippen LogP contribution in [0.25, 0.3) is 17.5 Å². The van der Waals surface area contributed by atoms with Crippen molar-refractivity contribution in [2.75, 3.05) is 97.6 Å². The van der Waals surface area contributed by atoms with Crippen LogP contribution >= 0.6 is 15.9 Å². The third-order valence-corrected chi connectivity index (χ3v) is 17.5. The molecule has 0 bridgehead atoms. The molecule has 8 rings (SSSR count). The predicted octanol–water partition coefficient (Wildman–Crippen LogP) is 1.77. The highest BCUT2D eigenvalue weighted by atomic mass is 79.9. The zero-order chi connectivity index (χ0) is 63.5. The Hall–Kier alpha value is -6.16. The van der Waals surface area contributed by atoms with Gasteiger partial charge in [0.2, 0.25) is 6.29 Å². The Labute approximate surface area is 516 Å². The normalized spacial score (nSPS) is 25.1. The number of carboxylic acids is 1. The van der Waals surface area contributed by atoms with E-state index in [-0.39, 0.29) is 148 Å². The Morgan fingerprint density at radius 1 is 0.932 bits per heavy atom. The number of benzene rings is 2. The average Bonchev–Trinajstić information content (AvgIpc) is 1.38. The number of imide groups is 1. The van der Waals surface area contributed by atoms with Crippen LogP contribution in [-0.4, -0.2) is 223 Å². The second-order valence-corrected chi connectivity index (χ2v) is 24.5. The Kier molecular flexibility index (Phi) is 23.2. The molecule has 3 aromatic rings. The number of rotatable bonds is 32. The summed E-state index contributed by atoms with van der Waals surface area (Å²) in [6, 6.07) is 4.59. The molecule has 28 nitrogen and oxygen atoms in total. The molecule has 2 fully saturated rings. The van der Waals surface area contributed by atoms with Gasteiger partial charge in [0.15, 0.2) is 23.8 Å². The van der Waals surface area contributed by atoms with Gasteiger partial charge in [0.1, 0.15) is 63.7 Å². The fraction of sp³-hybridized carbons (Fsp3) is 0.603. The number of halogens is 1. The molecule has 30 heteroatoms. The summed E-state index contributed by atoms with van der Waals surface area (Å²) in [5, 5.41) is 53.3. The van der Waals surface area contributed by atoms with Crippen molar-refractivity contribution in [2.45, 2.75) is 115 Å². The third kappa shape index (κ3) is 15.3. The van der Waals surface area contributed by atoms with E-state index in [9.17, 15) is 52.8 Å². The number of sulfone groups is 1. The van der Waals surface area contributed by atoms with Crippen molar-refractivity contribution in [3.05, 3.63) is 69.4 Å². The number of fused-ring (bicyclic) bond motifs is 2. The third-order valence-electron chi connectivity index (χ3n) is 15.8. The smallest absolute Gasteiger partial charge is 0.411 e. The molecule has 2 aromatic carbocycles. The van der Waals surface area contributed by atoms with E-state index in [2.05, 4.69) is 26.2 Å². The summed E-state index contributed by atoms with van der Waals surface area (Å²) < 4.78 is 98.8. The van der Waals surface area contributed by atoms with Crippen molar-refractivity contribution < 1.29 is 110 Å². The Morgan fingerprint density at radius 2 is 1.62 bits per heavy atom. The number of aromatic nitrogens is 3. The number of aliphatic hydroxyl groups excluding tert-OH is 2. The van der Waals surface area contributed by atoms with E-state index in [0.717, 1.165) is 16.1 Å². The van der Waals surface area contributed by atoms with Crippen molar-refractivity contribution in [3.8, 4) is 22.9 Å². The number of nitrogens with zero attached hydrogens (tertiary/aromatic N) is 5. The summed E-state index contributed by atoms with van der Waals surface area (Å²) in [5.74, 6) is -5.18. The number of amides is 3.